The first-order valence-corrected chi connectivity index (χ1v) is 8.42. The number of nitrogens with zero attached hydrogens (tertiary/aromatic N) is 1. The zero-order chi connectivity index (χ0) is 16.2. The summed E-state index contributed by atoms with van der Waals surface area (Å²) in [6.45, 7) is 2.76. The molecule has 2 aliphatic rings. The number of benzene rings is 1. The van der Waals surface area contributed by atoms with Gasteiger partial charge in [0.1, 0.15) is 0 Å². The van der Waals surface area contributed by atoms with Crippen molar-refractivity contribution in [1.29, 1.82) is 0 Å². The van der Waals surface area contributed by atoms with Crippen molar-refractivity contribution in [2.75, 3.05) is 13.7 Å². The fraction of sp³-hybridized carbons (Fsp3) is 0.611. The summed E-state index contributed by atoms with van der Waals surface area (Å²) in [5.41, 5.74) is 1.30. The highest BCUT2D eigenvalue weighted by molar-refractivity contribution is 5.71. The lowest BCUT2D eigenvalue weighted by Gasteiger charge is -2.37. The van der Waals surface area contributed by atoms with Crippen LogP contribution in [0.25, 0.3) is 0 Å². The van der Waals surface area contributed by atoms with Gasteiger partial charge in [-0.3, -0.25) is 0 Å². The third-order valence-electron chi connectivity index (χ3n) is 4.75. The molecular formula is C18H25NO4. The van der Waals surface area contributed by atoms with Gasteiger partial charge in [0.05, 0.1) is 12.1 Å². The molecule has 4 atom stereocenters. The van der Waals surface area contributed by atoms with Crippen LogP contribution in [-0.4, -0.2) is 49.2 Å². The van der Waals surface area contributed by atoms with Crippen LogP contribution >= 0.6 is 0 Å². The molecule has 126 valence electrons. The highest BCUT2D eigenvalue weighted by Crippen LogP contribution is 2.34. The second-order valence-electron chi connectivity index (χ2n) is 6.18. The zero-order valence-corrected chi connectivity index (χ0v) is 13.8. The summed E-state index contributed by atoms with van der Waals surface area (Å²) in [6.07, 6.45) is 2.65. The van der Waals surface area contributed by atoms with Gasteiger partial charge in [0.25, 0.3) is 0 Å². The quantitative estimate of drug-likeness (QED) is 0.809. The molecule has 3 rings (SSSR count). The third-order valence-corrected chi connectivity index (χ3v) is 4.75. The van der Waals surface area contributed by atoms with Crippen LogP contribution in [0.15, 0.2) is 30.3 Å². The smallest absolute Gasteiger partial charge is 0.410 e. The molecular weight excluding hydrogens is 294 g/mol. The van der Waals surface area contributed by atoms with E-state index < -0.39 is 0 Å². The maximum Gasteiger partial charge on any atom is 0.410 e. The van der Waals surface area contributed by atoms with Gasteiger partial charge in [0.15, 0.2) is 12.4 Å². The Morgan fingerprint density at radius 1 is 1.30 bits per heavy atom. The Balaban J connectivity index is 1.61. The molecule has 0 saturated carbocycles. The van der Waals surface area contributed by atoms with Crippen LogP contribution < -0.4 is 0 Å². The predicted octanol–water partition coefficient (Wildman–Crippen LogP) is 2.98. The molecule has 0 spiro atoms. The SMILES string of the molecule is CC[C@H]1O[C@H](OC)C[C@@H]2[C@@H]1OC(=O)N2CCCc1ccccc1. The van der Waals surface area contributed by atoms with Crippen LogP contribution in [0.1, 0.15) is 31.7 Å². The molecule has 0 radical (unpaired) electrons. The van der Waals surface area contributed by atoms with E-state index in [0.29, 0.717) is 13.0 Å². The van der Waals surface area contributed by atoms with E-state index in [2.05, 4.69) is 12.1 Å². The Hall–Kier alpha value is -1.59. The van der Waals surface area contributed by atoms with Crippen molar-refractivity contribution in [3.05, 3.63) is 35.9 Å². The Bertz CT molecular complexity index is 521. The summed E-state index contributed by atoms with van der Waals surface area (Å²) in [5.74, 6) is 0. The van der Waals surface area contributed by atoms with Gasteiger partial charge in [-0.15, -0.1) is 0 Å². The maximum atomic E-state index is 12.2. The molecule has 2 heterocycles. The molecule has 5 nitrogen and oxygen atoms in total. The molecule has 1 aromatic rings. The predicted molar refractivity (Wildman–Crippen MR) is 86.1 cm³/mol. The molecule has 0 aromatic heterocycles. The number of methoxy groups -OCH3 is 1. The van der Waals surface area contributed by atoms with Crippen LogP contribution in [0.4, 0.5) is 4.79 Å². The van der Waals surface area contributed by atoms with Gasteiger partial charge in [-0.25, -0.2) is 4.79 Å². The van der Waals surface area contributed by atoms with Crippen molar-refractivity contribution in [3.63, 3.8) is 0 Å². The van der Waals surface area contributed by atoms with Gasteiger partial charge in [-0.05, 0) is 24.8 Å². The number of carbonyl (C=O) groups is 1. The summed E-state index contributed by atoms with van der Waals surface area (Å²) in [6, 6.07) is 10.4. The van der Waals surface area contributed by atoms with Crippen LogP contribution in [0.3, 0.4) is 0 Å². The number of fused-ring (bicyclic) bond motifs is 1. The average Bonchev–Trinajstić information content (AvgIpc) is 2.90. The van der Waals surface area contributed by atoms with E-state index in [-0.39, 0.29) is 30.6 Å². The Morgan fingerprint density at radius 2 is 2.09 bits per heavy atom. The lowest BCUT2D eigenvalue weighted by Crippen LogP contribution is -2.51. The molecule has 0 N–H and O–H groups in total. The first kappa shape index (κ1) is 16.3. The fourth-order valence-corrected chi connectivity index (χ4v) is 3.52. The molecule has 2 aliphatic heterocycles. The Morgan fingerprint density at radius 3 is 2.78 bits per heavy atom. The van der Waals surface area contributed by atoms with Crippen LogP contribution in [0, 0.1) is 0 Å². The summed E-state index contributed by atoms with van der Waals surface area (Å²) < 4.78 is 16.8. The number of amides is 1. The van der Waals surface area contributed by atoms with Gasteiger partial charge in [0.2, 0.25) is 0 Å². The lowest BCUT2D eigenvalue weighted by molar-refractivity contribution is -0.214. The number of hydrogen-bond acceptors (Lipinski definition) is 4. The van der Waals surface area contributed by atoms with E-state index in [0.717, 1.165) is 19.3 Å². The largest absolute Gasteiger partial charge is 0.441 e. The van der Waals surface area contributed by atoms with Crippen molar-refractivity contribution in [2.24, 2.45) is 0 Å². The number of rotatable bonds is 6. The van der Waals surface area contributed by atoms with E-state index in [9.17, 15) is 4.79 Å². The molecule has 2 fully saturated rings. The van der Waals surface area contributed by atoms with E-state index >= 15 is 0 Å². The Kier molecular flexibility index (Phi) is 5.18. The number of hydrogen-bond donors (Lipinski definition) is 0. The molecule has 2 saturated heterocycles. The standard InChI is InChI=1S/C18H25NO4/c1-3-15-17-14(12-16(21-2)22-15)19(18(20)23-17)11-7-10-13-8-5-4-6-9-13/h4-6,8-9,14-17H,3,7,10-12H2,1-2H3/t14-,15-,16+,17+/m1/s1. The number of carbonyl (C=O) groups excluding carboxylic acids is 1. The van der Waals surface area contributed by atoms with E-state index in [4.69, 9.17) is 14.2 Å². The van der Waals surface area contributed by atoms with E-state index in [1.54, 1.807) is 7.11 Å². The minimum absolute atomic E-state index is 0.0573. The normalized spacial score (nSPS) is 30.2. The molecule has 1 aromatic carbocycles. The number of ether oxygens (including phenoxy) is 3. The summed E-state index contributed by atoms with van der Waals surface area (Å²) in [4.78, 5) is 14.1. The first-order valence-electron chi connectivity index (χ1n) is 8.42. The van der Waals surface area contributed by atoms with Crippen molar-refractivity contribution in [2.45, 2.75) is 57.1 Å². The van der Waals surface area contributed by atoms with Gasteiger partial charge in [-0.2, -0.15) is 0 Å². The van der Waals surface area contributed by atoms with Crippen molar-refractivity contribution >= 4 is 6.09 Å². The fourth-order valence-electron chi connectivity index (χ4n) is 3.52. The zero-order valence-electron chi connectivity index (χ0n) is 13.8. The minimum Gasteiger partial charge on any atom is -0.441 e. The van der Waals surface area contributed by atoms with Gasteiger partial charge >= 0.3 is 6.09 Å². The summed E-state index contributed by atoms with van der Waals surface area (Å²) in [7, 11) is 1.65. The highest BCUT2D eigenvalue weighted by Gasteiger charge is 2.50. The molecule has 0 aliphatic carbocycles. The van der Waals surface area contributed by atoms with Gasteiger partial charge in [-0.1, -0.05) is 37.3 Å². The second kappa shape index (κ2) is 7.32. The highest BCUT2D eigenvalue weighted by atomic mass is 16.7. The molecule has 23 heavy (non-hydrogen) atoms. The number of aryl methyl sites for hydroxylation is 1. The second-order valence-corrected chi connectivity index (χ2v) is 6.18. The topological polar surface area (TPSA) is 48.0 Å². The van der Waals surface area contributed by atoms with Gasteiger partial charge < -0.3 is 19.1 Å². The van der Waals surface area contributed by atoms with Gasteiger partial charge in [0, 0.05) is 20.1 Å². The minimum atomic E-state index is -0.257. The molecule has 1 amide bonds. The van der Waals surface area contributed by atoms with Crippen molar-refractivity contribution in [1.82, 2.24) is 4.90 Å². The molecule has 5 heteroatoms. The van der Waals surface area contributed by atoms with Crippen LogP contribution in [0.5, 0.6) is 0 Å². The van der Waals surface area contributed by atoms with Crippen LogP contribution in [0.2, 0.25) is 0 Å². The first-order chi connectivity index (χ1) is 11.2. The average molecular weight is 319 g/mol. The van der Waals surface area contributed by atoms with E-state index in [1.165, 1.54) is 5.56 Å². The molecule has 0 unspecified atom stereocenters. The Labute approximate surface area is 137 Å². The lowest BCUT2D eigenvalue weighted by atomic mass is 9.96. The van der Waals surface area contributed by atoms with Crippen LogP contribution in [-0.2, 0) is 20.6 Å². The molecule has 0 bridgehead atoms. The van der Waals surface area contributed by atoms with Crippen molar-refractivity contribution in [3.8, 4) is 0 Å². The van der Waals surface area contributed by atoms with E-state index in [1.807, 2.05) is 30.0 Å². The summed E-state index contributed by atoms with van der Waals surface area (Å²) in [5, 5.41) is 0. The van der Waals surface area contributed by atoms with Crippen molar-refractivity contribution < 1.29 is 19.0 Å². The third kappa shape index (κ3) is 3.51. The summed E-state index contributed by atoms with van der Waals surface area (Å²) >= 11 is 0. The monoisotopic (exact) mass is 319 g/mol. The maximum absolute atomic E-state index is 12.2.